The van der Waals surface area contributed by atoms with Gasteiger partial charge in [0, 0.05) is 30.5 Å². The van der Waals surface area contributed by atoms with Crippen molar-refractivity contribution in [1.29, 1.82) is 0 Å². The first kappa shape index (κ1) is 14.1. The monoisotopic (exact) mass is 268 g/mol. The number of nitrogens with two attached hydrogens (primary N) is 1. The number of benzene rings is 2. The summed E-state index contributed by atoms with van der Waals surface area (Å²) in [6, 6.07) is 16.0. The first-order valence-corrected chi connectivity index (χ1v) is 6.73. The second-order valence-electron chi connectivity index (χ2n) is 4.98. The molecular weight excluding hydrogens is 248 g/mol. The van der Waals surface area contributed by atoms with Crippen LogP contribution in [-0.4, -0.2) is 19.4 Å². The van der Waals surface area contributed by atoms with Crippen LogP contribution in [-0.2, 0) is 6.42 Å². The Kier molecular flexibility index (Phi) is 4.41. The van der Waals surface area contributed by atoms with Crippen molar-refractivity contribution >= 4 is 17.2 Å². The van der Waals surface area contributed by atoms with Crippen LogP contribution in [0.15, 0.2) is 48.5 Å². The first-order valence-electron chi connectivity index (χ1n) is 6.73. The lowest BCUT2D eigenvalue weighted by Gasteiger charge is -2.20. The van der Waals surface area contributed by atoms with Gasteiger partial charge < -0.3 is 10.6 Å². The third kappa shape index (κ3) is 3.38. The number of nitrogens with zero attached hydrogens (tertiary/aromatic N) is 1. The minimum Gasteiger partial charge on any atom is -0.398 e. The van der Waals surface area contributed by atoms with Gasteiger partial charge in [-0.2, -0.15) is 0 Å². The molecule has 3 nitrogen and oxygen atoms in total. The van der Waals surface area contributed by atoms with Gasteiger partial charge in [0.2, 0.25) is 0 Å². The van der Waals surface area contributed by atoms with Crippen LogP contribution in [0, 0.1) is 0 Å². The largest absolute Gasteiger partial charge is 0.398 e. The summed E-state index contributed by atoms with van der Waals surface area (Å²) in [5, 5.41) is 0. The molecule has 0 radical (unpaired) electrons. The zero-order chi connectivity index (χ0) is 14.5. The maximum absolute atomic E-state index is 11.4. The summed E-state index contributed by atoms with van der Waals surface area (Å²) in [7, 11) is 2.03. The highest BCUT2D eigenvalue weighted by Crippen LogP contribution is 2.21. The number of hydrogen-bond acceptors (Lipinski definition) is 3. The molecule has 0 atom stereocenters. The predicted molar refractivity (Wildman–Crippen MR) is 84.3 cm³/mol. The smallest absolute Gasteiger partial charge is 0.161 e. The molecule has 0 heterocycles. The van der Waals surface area contributed by atoms with Crippen LogP contribution in [0.1, 0.15) is 22.8 Å². The second kappa shape index (κ2) is 6.24. The van der Waals surface area contributed by atoms with Crippen LogP contribution in [0.25, 0.3) is 0 Å². The fourth-order valence-electron chi connectivity index (χ4n) is 2.18. The van der Waals surface area contributed by atoms with Gasteiger partial charge in [-0.3, -0.25) is 4.79 Å². The third-order valence-electron chi connectivity index (χ3n) is 3.43. The van der Waals surface area contributed by atoms with E-state index in [9.17, 15) is 4.79 Å². The highest BCUT2D eigenvalue weighted by Gasteiger charge is 2.07. The molecule has 0 aliphatic heterocycles. The Hall–Kier alpha value is -2.29. The zero-order valence-electron chi connectivity index (χ0n) is 12.0. The van der Waals surface area contributed by atoms with E-state index in [1.807, 2.05) is 25.2 Å². The maximum Gasteiger partial charge on any atom is 0.161 e. The summed E-state index contributed by atoms with van der Waals surface area (Å²) < 4.78 is 0. The minimum absolute atomic E-state index is 0.000915. The van der Waals surface area contributed by atoms with Gasteiger partial charge in [-0.25, -0.2) is 0 Å². The van der Waals surface area contributed by atoms with Crippen LogP contribution < -0.4 is 10.6 Å². The molecule has 0 fully saturated rings. The Morgan fingerprint density at radius 3 is 2.45 bits per heavy atom. The van der Waals surface area contributed by atoms with Crippen molar-refractivity contribution in [2.75, 3.05) is 24.2 Å². The van der Waals surface area contributed by atoms with Crippen molar-refractivity contribution in [3.63, 3.8) is 0 Å². The molecule has 0 unspecified atom stereocenters. The van der Waals surface area contributed by atoms with Gasteiger partial charge in [0.1, 0.15) is 0 Å². The molecule has 0 aromatic heterocycles. The fourth-order valence-corrected chi connectivity index (χ4v) is 2.18. The van der Waals surface area contributed by atoms with Crippen molar-refractivity contribution in [2.24, 2.45) is 0 Å². The molecule has 0 amide bonds. The molecule has 2 N–H and O–H groups in total. The first-order chi connectivity index (χ1) is 9.58. The molecule has 0 aliphatic carbocycles. The van der Waals surface area contributed by atoms with Crippen LogP contribution >= 0.6 is 0 Å². The Morgan fingerprint density at radius 1 is 1.15 bits per heavy atom. The Balaban J connectivity index is 2.04. The molecule has 0 saturated heterocycles. The van der Waals surface area contributed by atoms with E-state index in [1.54, 1.807) is 6.07 Å². The molecule has 0 bridgehead atoms. The van der Waals surface area contributed by atoms with E-state index in [1.165, 1.54) is 12.5 Å². The van der Waals surface area contributed by atoms with Crippen molar-refractivity contribution in [1.82, 2.24) is 0 Å². The number of anilines is 2. The average Bonchev–Trinajstić information content (AvgIpc) is 2.45. The quantitative estimate of drug-likeness (QED) is 0.669. The molecule has 2 aromatic rings. The van der Waals surface area contributed by atoms with Gasteiger partial charge in [0.15, 0.2) is 5.78 Å². The standard InChI is InChI=1S/C17H20N2O/c1-13(20)16-9-8-15(12-17(16)18)19(2)11-10-14-6-4-3-5-7-14/h3-9,12H,10-11,18H2,1-2H3. The number of nitrogen functional groups attached to an aromatic ring is 1. The number of hydrogen-bond donors (Lipinski definition) is 1. The molecule has 3 heteroatoms. The SMILES string of the molecule is CC(=O)c1ccc(N(C)CCc2ccccc2)cc1N. The van der Waals surface area contributed by atoms with Crippen LogP contribution in [0.5, 0.6) is 0 Å². The van der Waals surface area contributed by atoms with Gasteiger partial charge in [-0.15, -0.1) is 0 Å². The number of carbonyl (C=O) groups is 1. The van der Waals surface area contributed by atoms with E-state index >= 15 is 0 Å². The van der Waals surface area contributed by atoms with Gasteiger partial charge in [-0.1, -0.05) is 30.3 Å². The zero-order valence-corrected chi connectivity index (χ0v) is 12.0. The summed E-state index contributed by atoms with van der Waals surface area (Å²) in [4.78, 5) is 13.5. The highest BCUT2D eigenvalue weighted by molar-refractivity contribution is 5.99. The maximum atomic E-state index is 11.4. The Bertz CT molecular complexity index is 593. The number of Topliss-reactive ketones (excluding diaryl/α,β-unsaturated/α-hetero) is 1. The summed E-state index contributed by atoms with van der Waals surface area (Å²) in [5.41, 5.74) is 9.39. The second-order valence-corrected chi connectivity index (χ2v) is 4.98. The highest BCUT2D eigenvalue weighted by atomic mass is 16.1. The van der Waals surface area contributed by atoms with Crippen LogP contribution in [0.3, 0.4) is 0 Å². The van der Waals surface area contributed by atoms with Gasteiger partial charge in [-0.05, 0) is 37.1 Å². The summed E-state index contributed by atoms with van der Waals surface area (Å²) in [6.45, 7) is 2.44. The average molecular weight is 268 g/mol. The van der Waals surface area contributed by atoms with Crippen molar-refractivity contribution in [2.45, 2.75) is 13.3 Å². The minimum atomic E-state index is 0.000915. The molecule has 20 heavy (non-hydrogen) atoms. The molecule has 2 rings (SSSR count). The summed E-state index contributed by atoms with van der Waals surface area (Å²) in [6.07, 6.45) is 0.978. The van der Waals surface area contributed by atoms with Crippen LogP contribution in [0.2, 0.25) is 0 Å². The lowest BCUT2D eigenvalue weighted by molar-refractivity contribution is 0.101. The number of ketones is 1. The van der Waals surface area contributed by atoms with E-state index < -0.39 is 0 Å². The van der Waals surface area contributed by atoms with Crippen molar-refractivity contribution in [3.8, 4) is 0 Å². The Labute approximate surface area is 120 Å². The van der Waals surface area contributed by atoms with E-state index in [-0.39, 0.29) is 5.78 Å². The Morgan fingerprint density at radius 2 is 1.85 bits per heavy atom. The van der Waals surface area contributed by atoms with Gasteiger partial charge >= 0.3 is 0 Å². The normalized spacial score (nSPS) is 10.3. The fraction of sp³-hybridized carbons (Fsp3) is 0.235. The molecule has 0 saturated carbocycles. The number of carbonyl (C=O) groups excluding carboxylic acids is 1. The third-order valence-corrected chi connectivity index (χ3v) is 3.43. The van der Waals surface area contributed by atoms with E-state index in [0.717, 1.165) is 18.7 Å². The summed E-state index contributed by atoms with van der Waals surface area (Å²) in [5.74, 6) is 0.000915. The molecular formula is C17H20N2O. The molecule has 104 valence electrons. The van der Waals surface area contributed by atoms with Crippen molar-refractivity contribution < 1.29 is 4.79 Å². The lowest BCUT2D eigenvalue weighted by atomic mass is 10.1. The topological polar surface area (TPSA) is 46.3 Å². The van der Waals surface area contributed by atoms with E-state index in [2.05, 4.69) is 29.2 Å². The molecule has 2 aromatic carbocycles. The number of rotatable bonds is 5. The summed E-state index contributed by atoms with van der Waals surface area (Å²) >= 11 is 0. The number of likely N-dealkylation sites (N-methyl/N-ethyl adjacent to an activating group) is 1. The lowest BCUT2D eigenvalue weighted by Crippen LogP contribution is -2.20. The van der Waals surface area contributed by atoms with Gasteiger partial charge in [0.05, 0.1) is 0 Å². The van der Waals surface area contributed by atoms with Crippen LogP contribution in [0.4, 0.5) is 11.4 Å². The van der Waals surface area contributed by atoms with Crippen molar-refractivity contribution in [3.05, 3.63) is 59.7 Å². The van der Waals surface area contributed by atoms with Gasteiger partial charge in [0.25, 0.3) is 0 Å². The van der Waals surface area contributed by atoms with E-state index in [4.69, 9.17) is 5.73 Å². The predicted octanol–water partition coefficient (Wildman–Crippen LogP) is 3.15. The molecule has 0 aliphatic rings. The molecule has 0 spiro atoms. The van der Waals surface area contributed by atoms with E-state index in [0.29, 0.717) is 11.3 Å².